The standard InChI is InChI=1S/C11H11Cl2N3O2/c1-5(2)15-16-4-14-9-8(11(16)18)6(12)3-7(13)10(9)17/h3-5,15,17H,1-2H3. The van der Waals surface area contributed by atoms with Gasteiger partial charge in [0.05, 0.1) is 15.4 Å². The van der Waals surface area contributed by atoms with Crippen LogP contribution in [0.25, 0.3) is 10.9 Å². The fraction of sp³-hybridized carbons (Fsp3) is 0.273. The molecule has 0 spiro atoms. The Bertz CT molecular complexity index is 667. The number of nitrogens with zero attached hydrogens (tertiary/aromatic N) is 2. The third-order valence-corrected chi connectivity index (χ3v) is 2.90. The molecule has 18 heavy (non-hydrogen) atoms. The van der Waals surface area contributed by atoms with E-state index in [1.54, 1.807) is 0 Å². The maximum atomic E-state index is 12.2. The van der Waals surface area contributed by atoms with E-state index in [0.29, 0.717) is 0 Å². The zero-order chi connectivity index (χ0) is 13.4. The molecule has 2 N–H and O–H groups in total. The zero-order valence-corrected chi connectivity index (χ0v) is 11.2. The zero-order valence-electron chi connectivity index (χ0n) is 9.74. The normalized spacial score (nSPS) is 11.2. The summed E-state index contributed by atoms with van der Waals surface area (Å²) in [6.07, 6.45) is 1.29. The van der Waals surface area contributed by atoms with Crippen LogP contribution in [0.3, 0.4) is 0 Å². The van der Waals surface area contributed by atoms with E-state index in [-0.39, 0.29) is 38.3 Å². The minimum Gasteiger partial charge on any atom is -0.504 e. The molecule has 2 rings (SSSR count). The monoisotopic (exact) mass is 287 g/mol. The summed E-state index contributed by atoms with van der Waals surface area (Å²) >= 11 is 11.7. The highest BCUT2D eigenvalue weighted by Crippen LogP contribution is 2.34. The number of benzene rings is 1. The van der Waals surface area contributed by atoms with Crippen LogP contribution >= 0.6 is 23.2 Å². The summed E-state index contributed by atoms with van der Waals surface area (Å²) in [6.45, 7) is 3.77. The topological polar surface area (TPSA) is 67.2 Å². The van der Waals surface area contributed by atoms with Crippen LogP contribution in [-0.2, 0) is 0 Å². The Kier molecular flexibility index (Phi) is 3.36. The Balaban J connectivity index is 2.79. The lowest BCUT2D eigenvalue weighted by molar-refractivity contribution is 0.480. The molecule has 0 bridgehead atoms. The molecule has 2 aromatic rings. The van der Waals surface area contributed by atoms with Gasteiger partial charge in [-0.25, -0.2) is 9.66 Å². The van der Waals surface area contributed by atoms with Crippen molar-refractivity contribution < 1.29 is 5.11 Å². The Morgan fingerprint density at radius 3 is 2.67 bits per heavy atom. The van der Waals surface area contributed by atoms with Gasteiger partial charge in [0.2, 0.25) is 0 Å². The molecule has 96 valence electrons. The van der Waals surface area contributed by atoms with E-state index in [9.17, 15) is 9.90 Å². The van der Waals surface area contributed by atoms with E-state index >= 15 is 0 Å². The van der Waals surface area contributed by atoms with Gasteiger partial charge in [-0.3, -0.25) is 4.79 Å². The minimum absolute atomic E-state index is 0.0571. The summed E-state index contributed by atoms with van der Waals surface area (Å²) in [5, 5.41) is 10.1. The van der Waals surface area contributed by atoms with E-state index in [2.05, 4.69) is 10.4 Å². The lowest BCUT2D eigenvalue weighted by Crippen LogP contribution is -2.33. The number of aromatic nitrogens is 2. The molecule has 0 aliphatic rings. The fourth-order valence-electron chi connectivity index (χ4n) is 1.58. The number of halogens is 2. The van der Waals surface area contributed by atoms with Gasteiger partial charge in [-0.15, -0.1) is 0 Å². The van der Waals surface area contributed by atoms with Crippen molar-refractivity contribution >= 4 is 34.1 Å². The van der Waals surface area contributed by atoms with Crippen LogP contribution < -0.4 is 11.0 Å². The number of phenolic OH excluding ortho intramolecular Hbond substituents is 1. The summed E-state index contributed by atoms with van der Waals surface area (Å²) in [6, 6.07) is 1.38. The van der Waals surface area contributed by atoms with Gasteiger partial charge in [-0.1, -0.05) is 23.2 Å². The fourth-order valence-corrected chi connectivity index (χ4v) is 2.12. The van der Waals surface area contributed by atoms with Crippen molar-refractivity contribution in [1.82, 2.24) is 9.66 Å². The van der Waals surface area contributed by atoms with E-state index in [4.69, 9.17) is 23.2 Å². The minimum atomic E-state index is -0.384. The third-order valence-electron chi connectivity index (χ3n) is 2.31. The first kappa shape index (κ1) is 13.0. The van der Waals surface area contributed by atoms with Crippen LogP contribution in [-0.4, -0.2) is 20.8 Å². The Hall–Kier alpha value is -1.46. The number of aromatic hydroxyl groups is 1. The molecule has 1 aromatic carbocycles. The molecular formula is C11H11Cl2N3O2. The first-order chi connectivity index (χ1) is 8.41. The molecule has 7 heteroatoms. The summed E-state index contributed by atoms with van der Waals surface area (Å²) in [7, 11) is 0. The second kappa shape index (κ2) is 4.66. The van der Waals surface area contributed by atoms with Crippen molar-refractivity contribution in [1.29, 1.82) is 0 Å². The average molecular weight is 288 g/mol. The molecule has 0 saturated heterocycles. The third kappa shape index (κ3) is 2.11. The first-order valence-electron chi connectivity index (χ1n) is 5.26. The molecule has 0 amide bonds. The molecule has 0 unspecified atom stereocenters. The van der Waals surface area contributed by atoms with Crippen LogP contribution in [0.15, 0.2) is 17.2 Å². The highest BCUT2D eigenvalue weighted by molar-refractivity contribution is 6.39. The molecule has 0 atom stereocenters. The van der Waals surface area contributed by atoms with Crippen molar-refractivity contribution in [2.24, 2.45) is 0 Å². The largest absolute Gasteiger partial charge is 0.504 e. The summed E-state index contributed by atoms with van der Waals surface area (Å²) in [4.78, 5) is 16.2. The molecule has 1 heterocycles. The number of phenols is 1. The van der Waals surface area contributed by atoms with Crippen molar-refractivity contribution in [3.8, 4) is 5.75 Å². The van der Waals surface area contributed by atoms with E-state index in [1.807, 2.05) is 13.8 Å². The molecule has 0 fully saturated rings. The van der Waals surface area contributed by atoms with Gasteiger partial charge in [-0.2, -0.15) is 0 Å². The molecule has 0 aliphatic heterocycles. The summed E-state index contributed by atoms with van der Waals surface area (Å²) < 4.78 is 1.23. The van der Waals surface area contributed by atoms with Crippen LogP contribution in [0.2, 0.25) is 10.0 Å². The predicted octanol–water partition coefficient (Wildman–Crippen LogP) is 2.36. The summed E-state index contributed by atoms with van der Waals surface area (Å²) in [5.74, 6) is -0.245. The van der Waals surface area contributed by atoms with E-state index in [0.717, 1.165) is 0 Å². The van der Waals surface area contributed by atoms with Crippen molar-refractivity contribution in [3.05, 3.63) is 32.8 Å². The van der Waals surface area contributed by atoms with Crippen LogP contribution in [0.1, 0.15) is 13.8 Å². The van der Waals surface area contributed by atoms with Crippen LogP contribution in [0.5, 0.6) is 5.75 Å². The SMILES string of the molecule is CC(C)Nn1cnc2c(O)c(Cl)cc(Cl)c2c1=O. The number of hydrogen-bond acceptors (Lipinski definition) is 4. The Morgan fingerprint density at radius 1 is 1.39 bits per heavy atom. The molecule has 5 nitrogen and oxygen atoms in total. The lowest BCUT2D eigenvalue weighted by Gasteiger charge is -2.13. The number of nitrogens with one attached hydrogen (secondary N) is 1. The van der Waals surface area contributed by atoms with Gasteiger partial charge in [0.1, 0.15) is 11.8 Å². The van der Waals surface area contributed by atoms with Crippen molar-refractivity contribution in [2.45, 2.75) is 19.9 Å². The van der Waals surface area contributed by atoms with Gasteiger partial charge < -0.3 is 10.5 Å². The van der Waals surface area contributed by atoms with Gasteiger partial charge >= 0.3 is 0 Å². The first-order valence-corrected chi connectivity index (χ1v) is 6.02. The second-order valence-electron chi connectivity index (χ2n) is 4.12. The Morgan fingerprint density at radius 2 is 2.06 bits per heavy atom. The van der Waals surface area contributed by atoms with Gasteiger partial charge in [-0.05, 0) is 19.9 Å². The molecule has 1 aromatic heterocycles. The lowest BCUT2D eigenvalue weighted by atomic mass is 10.2. The van der Waals surface area contributed by atoms with E-state index in [1.165, 1.54) is 17.1 Å². The maximum Gasteiger partial charge on any atom is 0.281 e. The smallest absolute Gasteiger partial charge is 0.281 e. The number of fused-ring (bicyclic) bond motifs is 1. The number of rotatable bonds is 2. The average Bonchev–Trinajstić information content (AvgIpc) is 2.28. The van der Waals surface area contributed by atoms with Crippen LogP contribution in [0, 0.1) is 0 Å². The molecule has 0 aliphatic carbocycles. The molecule has 0 radical (unpaired) electrons. The summed E-state index contributed by atoms with van der Waals surface area (Å²) in [5.41, 5.74) is 2.61. The van der Waals surface area contributed by atoms with Crippen LogP contribution in [0.4, 0.5) is 0 Å². The maximum absolute atomic E-state index is 12.2. The molecule has 0 saturated carbocycles. The van der Waals surface area contributed by atoms with Gasteiger partial charge in [0.25, 0.3) is 5.56 Å². The van der Waals surface area contributed by atoms with Crippen molar-refractivity contribution in [3.63, 3.8) is 0 Å². The molecular weight excluding hydrogens is 277 g/mol. The second-order valence-corrected chi connectivity index (χ2v) is 4.93. The van der Waals surface area contributed by atoms with Crippen molar-refractivity contribution in [2.75, 3.05) is 5.43 Å². The van der Waals surface area contributed by atoms with Gasteiger partial charge in [0.15, 0.2) is 5.75 Å². The Labute approximate surface area is 113 Å². The highest BCUT2D eigenvalue weighted by Gasteiger charge is 2.15. The van der Waals surface area contributed by atoms with E-state index < -0.39 is 0 Å². The van der Waals surface area contributed by atoms with Gasteiger partial charge in [0, 0.05) is 6.04 Å². The predicted molar refractivity (Wildman–Crippen MR) is 72.2 cm³/mol. The quantitative estimate of drug-likeness (QED) is 0.890. The highest BCUT2D eigenvalue weighted by atomic mass is 35.5. The number of hydrogen-bond donors (Lipinski definition) is 2.